The Morgan fingerprint density at radius 2 is 2.07 bits per heavy atom. The first-order valence-electron chi connectivity index (χ1n) is 4.34. The minimum Gasteiger partial charge on any atom is -0.464 e. The van der Waals surface area contributed by atoms with Crippen LogP contribution in [0, 0.1) is 12.7 Å². The van der Waals surface area contributed by atoms with Gasteiger partial charge in [-0.3, -0.25) is 0 Å². The zero-order valence-electron chi connectivity index (χ0n) is 8.53. The molecule has 0 fully saturated rings. The Morgan fingerprint density at radius 3 is 2.60 bits per heavy atom. The summed E-state index contributed by atoms with van der Waals surface area (Å²) in [4.78, 5) is 0. The van der Waals surface area contributed by atoms with Crippen LogP contribution in [0.5, 0.6) is 5.75 Å². The quantitative estimate of drug-likeness (QED) is 0.538. The molecule has 4 nitrogen and oxygen atoms in total. The van der Waals surface area contributed by atoms with Gasteiger partial charge in [0.25, 0.3) is 0 Å². The lowest BCUT2D eigenvalue weighted by molar-refractivity contribution is 0.0483. The van der Waals surface area contributed by atoms with E-state index in [0.29, 0.717) is 5.56 Å². The maximum Gasteiger partial charge on any atom is 0.488 e. The van der Waals surface area contributed by atoms with E-state index in [0.717, 1.165) is 6.07 Å². The average Bonchev–Trinajstić information content (AvgIpc) is 2.18. The van der Waals surface area contributed by atoms with Crippen molar-refractivity contribution in [3.05, 3.63) is 23.5 Å². The molecule has 0 bridgehead atoms. The third-order valence-corrected chi connectivity index (χ3v) is 1.93. The van der Waals surface area contributed by atoms with Crippen molar-refractivity contribution < 1.29 is 23.9 Å². The monoisotopic (exact) mass is 214 g/mol. The summed E-state index contributed by atoms with van der Waals surface area (Å²) in [7, 11) is -0.257. The summed E-state index contributed by atoms with van der Waals surface area (Å²) < 4.78 is 22.9. The molecule has 0 radical (unpaired) electrons. The van der Waals surface area contributed by atoms with E-state index >= 15 is 0 Å². The van der Waals surface area contributed by atoms with E-state index < -0.39 is 12.9 Å². The van der Waals surface area contributed by atoms with Crippen LogP contribution >= 0.6 is 0 Å². The normalized spacial score (nSPS) is 10.2. The van der Waals surface area contributed by atoms with Crippen molar-refractivity contribution in [3.63, 3.8) is 0 Å². The molecule has 0 aromatic heterocycles. The highest BCUT2D eigenvalue weighted by Gasteiger charge is 2.17. The molecule has 2 N–H and O–H groups in total. The van der Waals surface area contributed by atoms with Gasteiger partial charge in [0.2, 0.25) is 0 Å². The molecule has 1 aromatic carbocycles. The molecule has 0 aliphatic rings. The number of hydrogen-bond donors (Lipinski definition) is 2. The Hall–Kier alpha value is -1.11. The van der Waals surface area contributed by atoms with Crippen LogP contribution in [-0.4, -0.2) is 31.1 Å². The molecule has 0 unspecified atom stereocenters. The fraction of sp³-hybridized carbons (Fsp3) is 0.333. The first kappa shape index (κ1) is 12.0. The smallest absolute Gasteiger partial charge is 0.464 e. The largest absolute Gasteiger partial charge is 0.488 e. The number of hydrogen-bond acceptors (Lipinski definition) is 4. The second kappa shape index (κ2) is 5.11. The van der Waals surface area contributed by atoms with Crippen LogP contribution in [0.15, 0.2) is 12.1 Å². The Morgan fingerprint density at radius 1 is 1.40 bits per heavy atom. The van der Waals surface area contributed by atoms with Gasteiger partial charge in [0, 0.05) is 7.11 Å². The van der Waals surface area contributed by atoms with Gasteiger partial charge in [-0.1, -0.05) is 0 Å². The van der Waals surface area contributed by atoms with Crippen LogP contribution in [0.25, 0.3) is 0 Å². The van der Waals surface area contributed by atoms with Crippen molar-refractivity contribution in [1.82, 2.24) is 0 Å². The molecule has 0 saturated carbocycles. The van der Waals surface area contributed by atoms with Gasteiger partial charge in [-0.2, -0.15) is 0 Å². The molecule has 0 saturated heterocycles. The zero-order valence-corrected chi connectivity index (χ0v) is 8.53. The van der Waals surface area contributed by atoms with Crippen LogP contribution < -0.4 is 10.2 Å². The van der Waals surface area contributed by atoms with Gasteiger partial charge in [-0.05, 0) is 30.1 Å². The van der Waals surface area contributed by atoms with Gasteiger partial charge in [-0.15, -0.1) is 0 Å². The Labute approximate surface area is 87.4 Å². The van der Waals surface area contributed by atoms with Gasteiger partial charge >= 0.3 is 7.12 Å². The molecule has 0 aliphatic heterocycles. The topological polar surface area (TPSA) is 58.9 Å². The standard InChI is InChI=1S/C9H12BFO4/c1-6-3-9(15-5-14-2)8(11)4-7(6)10(12)13/h3-4,12-13H,5H2,1-2H3. The summed E-state index contributed by atoms with van der Waals surface area (Å²) in [5, 5.41) is 17.8. The van der Waals surface area contributed by atoms with Gasteiger partial charge in [0.15, 0.2) is 18.4 Å². The zero-order chi connectivity index (χ0) is 11.4. The van der Waals surface area contributed by atoms with E-state index in [9.17, 15) is 4.39 Å². The molecular formula is C9H12BFO4. The lowest BCUT2D eigenvalue weighted by Gasteiger charge is -2.10. The third-order valence-electron chi connectivity index (χ3n) is 1.93. The molecule has 1 aromatic rings. The molecule has 15 heavy (non-hydrogen) atoms. The van der Waals surface area contributed by atoms with Crippen molar-refractivity contribution in [3.8, 4) is 5.75 Å². The molecule has 0 aliphatic carbocycles. The summed E-state index contributed by atoms with van der Waals surface area (Å²) in [6, 6.07) is 2.42. The molecule has 0 heterocycles. The van der Waals surface area contributed by atoms with Crippen LogP contribution in [0.4, 0.5) is 4.39 Å². The van der Waals surface area contributed by atoms with Crippen molar-refractivity contribution in [2.75, 3.05) is 13.9 Å². The summed E-state index contributed by atoms with van der Waals surface area (Å²) in [6.07, 6.45) is 0. The van der Waals surface area contributed by atoms with Crippen LogP contribution in [-0.2, 0) is 4.74 Å². The van der Waals surface area contributed by atoms with E-state index in [1.54, 1.807) is 6.92 Å². The highest BCUT2D eigenvalue weighted by atomic mass is 19.1. The van der Waals surface area contributed by atoms with E-state index in [-0.39, 0.29) is 18.0 Å². The predicted molar refractivity (Wildman–Crippen MR) is 53.5 cm³/mol. The van der Waals surface area contributed by atoms with E-state index in [2.05, 4.69) is 4.74 Å². The fourth-order valence-corrected chi connectivity index (χ4v) is 1.18. The number of methoxy groups -OCH3 is 1. The van der Waals surface area contributed by atoms with Gasteiger partial charge in [-0.25, -0.2) is 4.39 Å². The lowest BCUT2D eigenvalue weighted by atomic mass is 9.77. The third kappa shape index (κ3) is 2.92. The number of ether oxygens (including phenoxy) is 2. The minimum absolute atomic E-state index is 0.0266. The SMILES string of the molecule is COCOc1cc(C)c(B(O)O)cc1F. The molecule has 6 heteroatoms. The Kier molecular flexibility index (Phi) is 4.08. The number of rotatable bonds is 4. The average molecular weight is 214 g/mol. The first-order chi connectivity index (χ1) is 7.06. The predicted octanol–water partition coefficient (Wildman–Crippen LogP) is -0.203. The highest BCUT2D eigenvalue weighted by molar-refractivity contribution is 6.59. The first-order valence-corrected chi connectivity index (χ1v) is 4.34. The van der Waals surface area contributed by atoms with Gasteiger partial charge in [0.05, 0.1) is 0 Å². The van der Waals surface area contributed by atoms with Crippen molar-refractivity contribution in [2.45, 2.75) is 6.92 Å². The minimum atomic E-state index is -1.68. The lowest BCUT2D eigenvalue weighted by Crippen LogP contribution is -2.32. The van der Waals surface area contributed by atoms with E-state index in [4.69, 9.17) is 14.8 Å². The van der Waals surface area contributed by atoms with E-state index in [1.165, 1.54) is 13.2 Å². The highest BCUT2D eigenvalue weighted by Crippen LogP contribution is 2.17. The molecule has 82 valence electrons. The van der Waals surface area contributed by atoms with Crippen LogP contribution in [0.3, 0.4) is 0 Å². The maximum atomic E-state index is 13.3. The molecule has 0 spiro atoms. The molecule has 0 amide bonds. The number of benzene rings is 1. The fourth-order valence-electron chi connectivity index (χ4n) is 1.18. The van der Waals surface area contributed by atoms with Crippen LogP contribution in [0.1, 0.15) is 5.56 Å². The summed E-state index contributed by atoms with van der Waals surface area (Å²) in [5.41, 5.74) is 0.662. The van der Waals surface area contributed by atoms with Crippen LogP contribution in [0.2, 0.25) is 0 Å². The second-order valence-electron chi connectivity index (χ2n) is 3.06. The summed E-state index contributed by atoms with van der Waals surface area (Å²) >= 11 is 0. The number of halogens is 1. The Balaban J connectivity index is 2.97. The molecule has 0 atom stereocenters. The number of aryl methyl sites for hydroxylation is 1. The van der Waals surface area contributed by atoms with Crippen molar-refractivity contribution >= 4 is 12.6 Å². The Bertz CT molecular complexity index is 343. The van der Waals surface area contributed by atoms with Gasteiger partial charge < -0.3 is 19.5 Å². The molecule has 1 rings (SSSR count). The summed E-state index contributed by atoms with van der Waals surface area (Å²) in [5.74, 6) is -0.625. The van der Waals surface area contributed by atoms with E-state index in [1.807, 2.05) is 0 Å². The molecular weight excluding hydrogens is 202 g/mol. The van der Waals surface area contributed by atoms with Crippen molar-refractivity contribution in [1.29, 1.82) is 0 Å². The maximum absolute atomic E-state index is 13.3. The second-order valence-corrected chi connectivity index (χ2v) is 3.06. The summed E-state index contributed by atoms with van der Waals surface area (Å²) in [6.45, 7) is 1.57. The van der Waals surface area contributed by atoms with Crippen molar-refractivity contribution in [2.24, 2.45) is 0 Å². The van der Waals surface area contributed by atoms with Gasteiger partial charge in [0.1, 0.15) is 0 Å².